The first-order valence-corrected chi connectivity index (χ1v) is 15.9. The van der Waals surface area contributed by atoms with Crippen molar-refractivity contribution in [2.24, 2.45) is 11.3 Å². The monoisotopic (exact) mass is 594 g/mol. The zero-order valence-corrected chi connectivity index (χ0v) is 24.4. The molecule has 2 fully saturated rings. The van der Waals surface area contributed by atoms with Crippen LogP contribution >= 0.6 is 11.6 Å². The van der Waals surface area contributed by atoms with Gasteiger partial charge in [-0.3, -0.25) is 0 Å². The van der Waals surface area contributed by atoms with Crippen LogP contribution in [-0.4, -0.2) is 50.7 Å². The molecule has 1 aromatic carbocycles. The van der Waals surface area contributed by atoms with Crippen molar-refractivity contribution in [3.63, 3.8) is 0 Å². The van der Waals surface area contributed by atoms with Crippen LogP contribution in [0.3, 0.4) is 0 Å². The second-order valence-corrected chi connectivity index (χ2v) is 13.0. The molecule has 1 saturated carbocycles. The molecule has 216 valence electrons. The lowest BCUT2D eigenvalue weighted by atomic mass is 9.82. The zero-order chi connectivity index (χ0) is 28.7. The van der Waals surface area contributed by atoms with E-state index in [1.807, 2.05) is 24.3 Å². The molecule has 2 aliphatic rings. The van der Waals surface area contributed by atoms with Crippen LogP contribution in [0.1, 0.15) is 38.5 Å². The highest BCUT2D eigenvalue weighted by molar-refractivity contribution is 7.89. The Balaban J connectivity index is 1.16. The zero-order valence-electron chi connectivity index (χ0n) is 22.9. The van der Waals surface area contributed by atoms with Crippen LogP contribution in [0.5, 0.6) is 0 Å². The van der Waals surface area contributed by atoms with Gasteiger partial charge in [0.25, 0.3) is 0 Å². The van der Waals surface area contributed by atoms with Crippen LogP contribution in [0, 0.1) is 22.7 Å². The molecule has 1 aliphatic carbocycles. The molecule has 0 bridgehead atoms. The van der Waals surface area contributed by atoms with Gasteiger partial charge < -0.3 is 15.4 Å². The van der Waals surface area contributed by atoms with Gasteiger partial charge in [0.2, 0.25) is 10.0 Å². The van der Waals surface area contributed by atoms with E-state index in [1.54, 1.807) is 36.5 Å². The van der Waals surface area contributed by atoms with Gasteiger partial charge in [-0.05, 0) is 74.8 Å². The molecule has 0 radical (unpaired) electrons. The number of anilines is 2. The minimum absolute atomic E-state index is 0.237. The van der Waals surface area contributed by atoms with E-state index in [1.165, 1.54) is 0 Å². The van der Waals surface area contributed by atoms with E-state index >= 15 is 0 Å². The number of nitrogens with one attached hydrogen (secondary N) is 3. The lowest BCUT2D eigenvalue weighted by Gasteiger charge is -2.30. The first-order chi connectivity index (χ1) is 19.9. The van der Waals surface area contributed by atoms with Crippen LogP contribution in [0.4, 0.5) is 11.6 Å². The van der Waals surface area contributed by atoms with Gasteiger partial charge in [0.05, 0.1) is 27.1 Å². The summed E-state index contributed by atoms with van der Waals surface area (Å²) in [5.41, 5.74) is 1.04. The summed E-state index contributed by atoms with van der Waals surface area (Å²) in [7, 11) is -3.49. The van der Waals surface area contributed by atoms with Crippen molar-refractivity contribution in [1.82, 2.24) is 14.7 Å². The number of hydrogen-bond donors (Lipinski definition) is 3. The van der Waals surface area contributed by atoms with Gasteiger partial charge in [0.15, 0.2) is 0 Å². The van der Waals surface area contributed by atoms with E-state index in [0.717, 1.165) is 42.8 Å². The summed E-state index contributed by atoms with van der Waals surface area (Å²) in [5.74, 6) is 1.71. The molecule has 0 unspecified atom stereocenters. The number of nitriles is 1. The number of halogens is 1. The molecule has 3 aromatic rings. The second kappa shape index (κ2) is 13.2. The standard InChI is InChI=1S/C30H35ClN6O3S/c31-26-19-33-29(36-23-11-9-22(10-12-23)18-35-41(38,39)24-5-2-1-3-6-24)17-25(26)27-7-4-8-28(37-27)34-21-30(20-32)13-15-40-16-14-30/h1-8,17,19,22-23,35H,9-16,18,21H2,(H,33,36)(H,34,37). The Hall–Kier alpha value is -3.23. The SMILES string of the molecule is N#CC1(CNc2cccc(-c3cc(NC4CCC(CNS(=O)(=O)c5ccccc5)CC4)ncc3Cl)n2)CCOCC1. The molecule has 9 nitrogen and oxygen atoms in total. The third-order valence-corrected chi connectivity index (χ3v) is 9.73. The van der Waals surface area contributed by atoms with E-state index in [0.29, 0.717) is 60.8 Å². The third-order valence-electron chi connectivity index (χ3n) is 7.99. The van der Waals surface area contributed by atoms with Crippen molar-refractivity contribution >= 4 is 33.3 Å². The number of benzene rings is 1. The number of hydrogen-bond acceptors (Lipinski definition) is 8. The topological polar surface area (TPSA) is 129 Å². The Kier molecular flexibility index (Phi) is 9.40. The maximum absolute atomic E-state index is 12.5. The molecule has 3 N–H and O–H groups in total. The summed E-state index contributed by atoms with van der Waals surface area (Å²) >= 11 is 6.54. The molecular formula is C30H35ClN6O3S. The fraction of sp³-hybridized carbons (Fsp3) is 0.433. The number of pyridine rings is 2. The molecule has 0 amide bonds. The lowest BCUT2D eigenvalue weighted by molar-refractivity contribution is 0.0455. The smallest absolute Gasteiger partial charge is 0.240 e. The summed E-state index contributed by atoms with van der Waals surface area (Å²) in [6.07, 6.45) is 6.71. The van der Waals surface area contributed by atoms with E-state index < -0.39 is 15.4 Å². The summed E-state index contributed by atoms with van der Waals surface area (Å²) in [4.78, 5) is 9.55. The Labute approximate surface area is 246 Å². The summed E-state index contributed by atoms with van der Waals surface area (Å²) < 4.78 is 33.3. The predicted octanol–water partition coefficient (Wildman–Crippen LogP) is 5.48. The number of rotatable bonds is 10. The summed E-state index contributed by atoms with van der Waals surface area (Å²) in [6, 6.07) is 18.8. The van der Waals surface area contributed by atoms with Crippen LogP contribution in [0.2, 0.25) is 5.02 Å². The molecule has 41 heavy (non-hydrogen) atoms. The number of ether oxygens (including phenoxy) is 1. The first-order valence-electron chi connectivity index (χ1n) is 14.0. The fourth-order valence-corrected chi connectivity index (χ4v) is 6.72. The van der Waals surface area contributed by atoms with Gasteiger partial charge in [-0.25, -0.2) is 23.1 Å². The van der Waals surface area contributed by atoms with E-state index in [2.05, 4.69) is 26.4 Å². The number of nitrogens with zero attached hydrogens (tertiary/aromatic N) is 3. The summed E-state index contributed by atoms with van der Waals surface area (Å²) in [6.45, 7) is 2.14. The largest absolute Gasteiger partial charge is 0.381 e. The van der Waals surface area contributed by atoms with Gasteiger partial charge in [-0.15, -0.1) is 0 Å². The maximum Gasteiger partial charge on any atom is 0.240 e. The maximum atomic E-state index is 12.5. The minimum atomic E-state index is -3.49. The normalized spacial score (nSPS) is 20.6. The second-order valence-electron chi connectivity index (χ2n) is 10.8. The van der Waals surface area contributed by atoms with Gasteiger partial charge in [-0.2, -0.15) is 5.26 Å². The quantitative estimate of drug-likeness (QED) is 0.281. The molecule has 1 saturated heterocycles. The molecule has 1 aliphatic heterocycles. The van der Waals surface area contributed by atoms with E-state index in [4.69, 9.17) is 21.3 Å². The third kappa shape index (κ3) is 7.54. The molecular weight excluding hydrogens is 560 g/mol. The average molecular weight is 595 g/mol. The van der Waals surface area contributed by atoms with Crippen molar-refractivity contribution in [3.05, 3.63) is 65.8 Å². The van der Waals surface area contributed by atoms with Gasteiger partial charge in [0, 0.05) is 44.1 Å². The Morgan fingerprint density at radius 2 is 1.78 bits per heavy atom. The Bertz CT molecular complexity index is 1470. The first kappa shape index (κ1) is 29.3. The van der Waals surface area contributed by atoms with Crippen molar-refractivity contribution in [2.45, 2.75) is 49.5 Å². The van der Waals surface area contributed by atoms with Crippen molar-refractivity contribution in [2.75, 3.05) is 36.9 Å². The van der Waals surface area contributed by atoms with E-state index in [9.17, 15) is 13.7 Å². The Morgan fingerprint density at radius 1 is 1.02 bits per heavy atom. The summed E-state index contributed by atoms with van der Waals surface area (Å²) in [5, 5.41) is 17.1. The molecule has 0 atom stereocenters. The Morgan fingerprint density at radius 3 is 2.51 bits per heavy atom. The highest BCUT2D eigenvalue weighted by atomic mass is 35.5. The van der Waals surface area contributed by atoms with Gasteiger partial charge in [0.1, 0.15) is 11.6 Å². The van der Waals surface area contributed by atoms with Crippen LogP contribution in [0.25, 0.3) is 11.3 Å². The lowest BCUT2D eigenvalue weighted by Crippen LogP contribution is -2.34. The highest BCUT2D eigenvalue weighted by Crippen LogP contribution is 2.33. The molecule has 2 aromatic heterocycles. The fourth-order valence-electron chi connectivity index (χ4n) is 5.38. The number of sulfonamides is 1. The van der Waals surface area contributed by atoms with Crippen LogP contribution in [-0.2, 0) is 14.8 Å². The van der Waals surface area contributed by atoms with Gasteiger partial charge >= 0.3 is 0 Å². The molecule has 11 heteroatoms. The van der Waals surface area contributed by atoms with Crippen molar-refractivity contribution in [1.29, 1.82) is 5.26 Å². The van der Waals surface area contributed by atoms with Crippen molar-refractivity contribution < 1.29 is 13.2 Å². The van der Waals surface area contributed by atoms with Crippen LogP contribution in [0.15, 0.2) is 65.7 Å². The predicted molar refractivity (Wildman–Crippen MR) is 160 cm³/mol. The molecule has 0 spiro atoms. The number of aromatic nitrogens is 2. The van der Waals surface area contributed by atoms with Crippen molar-refractivity contribution in [3.8, 4) is 17.3 Å². The minimum Gasteiger partial charge on any atom is -0.381 e. The molecule has 5 rings (SSSR count). The average Bonchev–Trinajstić information content (AvgIpc) is 3.02. The molecule has 3 heterocycles. The van der Waals surface area contributed by atoms with E-state index in [-0.39, 0.29) is 6.04 Å². The van der Waals surface area contributed by atoms with Crippen LogP contribution < -0.4 is 15.4 Å². The highest BCUT2D eigenvalue weighted by Gasteiger charge is 2.32. The van der Waals surface area contributed by atoms with Gasteiger partial charge in [-0.1, -0.05) is 35.9 Å².